The molecule has 0 atom stereocenters. The van der Waals surface area contributed by atoms with E-state index in [1.807, 2.05) is 24.3 Å². The quantitative estimate of drug-likeness (QED) is 0.745. The molecule has 0 unspecified atom stereocenters. The van der Waals surface area contributed by atoms with Crippen molar-refractivity contribution in [1.82, 2.24) is 19.7 Å². The second-order valence-corrected chi connectivity index (χ2v) is 4.37. The van der Waals surface area contributed by atoms with Crippen molar-refractivity contribution in [3.63, 3.8) is 0 Å². The number of hydrogen-bond donors (Lipinski definition) is 1. The highest BCUT2D eigenvalue weighted by Gasteiger charge is 2.07. The summed E-state index contributed by atoms with van der Waals surface area (Å²) < 4.78 is 2.59. The lowest BCUT2D eigenvalue weighted by atomic mass is 10.1. The first-order chi connectivity index (χ1) is 8.25. The maximum atomic E-state index is 5.51. The lowest BCUT2D eigenvalue weighted by Gasteiger charge is -2.05. The van der Waals surface area contributed by atoms with Crippen LogP contribution in [0.2, 0.25) is 0 Å². The van der Waals surface area contributed by atoms with E-state index in [0.29, 0.717) is 5.82 Å². The Labute approximate surface area is 105 Å². The van der Waals surface area contributed by atoms with E-state index >= 15 is 0 Å². The number of nitrogens with two attached hydrogens (primary N) is 1. The summed E-state index contributed by atoms with van der Waals surface area (Å²) >= 11 is 3.51. The molecule has 5 nitrogen and oxygen atoms in total. The first kappa shape index (κ1) is 10.2. The fourth-order valence-corrected chi connectivity index (χ4v) is 2.21. The van der Waals surface area contributed by atoms with E-state index in [2.05, 4.69) is 31.0 Å². The van der Waals surface area contributed by atoms with Gasteiger partial charge in [-0.3, -0.25) is 0 Å². The van der Waals surface area contributed by atoms with E-state index in [1.54, 1.807) is 17.2 Å². The van der Waals surface area contributed by atoms with Gasteiger partial charge < -0.3 is 5.73 Å². The minimum atomic E-state index is 0.235. The fraction of sp³-hybridized carbons (Fsp3) is 0. The van der Waals surface area contributed by atoms with Crippen LogP contribution in [0.4, 0.5) is 5.95 Å². The van der Waals surface area contributed by atoms with Crippen molar-refractivity contribution < 1.29 is 0 Å². The normalized spacial score (nSPS) is 10.9. The van der Waals surface area contributed by atoms with Gasteiger partial charge in [-0.25, -0.2) is 9.97 Å². The SMILES string of the molecule is Nc1ncn(-c2nccc3c(Br)cccc23)n1. The van der Waals surface area contributed by atoms with Gasteiger partial charge in [-0.05, 0) is 12.1 Å². The summed E-state index contributed by atoms with van der Waals surface area (Å²) in [5.41, 5.74) is 5.51. The zero-order valence-corrected chi connectivity index (χ0v) is 10.3. The molecule has 6 heteroatoms. The molecule has 0 bridgehead atoms. The molecule has 3 aromatic rings. The average molecular weight is 290 g/mol. The number of anilines is 1. The van der Waals surface area contributed by atoms with Crippen molar-refractivity contribution in [2.45, 2.75) is 0 Å². The molecule has 2 N–H and O–H groups in total. The highest BCUT2D eigenvalue weighted by molar-refractivity contribution is 9.10. The van der Waals surface area contributed by atoms with Crippen molar-refractivity contribution in [3.05, 3.63) is 41.3 Å². The van der Waals surface area contributed by atoms with E-state index in [1.165, 1.54) is 0 Å². The number of pyridine rings is 1. The summed E-state index contributed by atoms with van der Waals surface area (Å²) in [4.78, 5) is 8.22. The summed E-state index contributed by atoms with van der Waals surface area (Å²) in [6, 6.07) is 7.88. The molecule has 0 aliphatic carbocycles. The molecule has 2 aromatic heterocycles. The molecule has 1 aromatic carbocycles. The maximum Gasteiger partial charge on any atom is 0.239 e. The summed E-state index contributed by atoms with van der Waals surface area (Å²) in [7, 11) is 0. The Balaban J connectivity index is 2.34. The second-order valence-electron chi connectivity index (χ2n) is 3.52. The number of nitrogen functional groups attached to an aromatic ring is 1. The summed E-state index contributed by atoms with van der Waals surface area (Å²) in [6.45, 7) is 0. The monoisotopic (exact) mass is 289 g/mol. The van der Waals surface area contributed by atoms with Crippen LogP contribution >= 0.6 is 15.9 Å². The van der Waals surface area contributed by atoms with Crippen LogP contribution in [0.3, 0.4) is 0 Å². The van der Waals surface area contributed by atoms with E-state index < -0.39 is 0 Å². The molecule has 3 rings (SSSR count). The van der Waals surface area contributed by atoms with Crippen LogP contribution in [0, 0.1) is 0 Å². The van der Waals surface area contributed by atoms with E-state index in [9.17, 15) is 0 Å². The van der Waals surface area contributed by atoms with Gasteiger partial charge in [0.25, 0.3) is 0 Å². The number of halogens is 1. The summed E-state index contributed by atoms with van der Waals surface area (Å²) in [5.74, 6) is 0.951. The van der Waals surface area contributed by atoms with Crippen LogP contribution in [-0.2, 0) is 0 Å². The van der Waals surface area contributed by atoms with Crippen LogP contribution in [0.1, 0.15) is 0 Å². The molecule has 0 saturated carbocycles. The van der Waals surface area contributed by atoms with Gasteiger partial charge in [0.05, 0.1) is 0 Å². The smallest absolute Gasteiger partial charge is 0.239 e. The van der Waals surface area contributed by atoms with Gasteiger partial charge in [-0.2, -0.15) is 4.68 Å². The standard InChI is InChI=1S/C11H8BrN5/c12-9-3-1-2-8-7(9)4-5-14-10(8)17-6-15-11(13)16-17/h1-6H,(H2,13,16). The third kappa shape index (κ3) is 1.66. The average Bonchev–Trinajstić information content (AvgIpc) is 2.76. The Morgan fingerprint density at radius 1 is 1.12 bits per heavy atom. The van der Waals surface area contributed by atoms with Crippen LogP contribution < -0.4 is 5.73 Å². The van der Waals surface area contributed by atoms with Crippen molar-refractivity contribution in [1.29, 1.82) is 0 Å². The minimum Gasteiger partial charge on any atom is -0.366 e. The highest BCUT2D eigenvalue weighted by Crippen LogP contribution is 2.26. The van der Waals surface area contributed by atoms with Gasteiger partial charge >= 0.3 is 0 Å². The number of fused-ring (bicyclic) bond motifs is 1. The Morgan fingerprint density at radius 3 is 2.76 bits per heavy atom. The Kier molecular flexibility index (Phi) is 2.29. The van der Waals surface area contributed by atoms with Gasteiger partial charge in [-0.1, -0.05) is 28.1 Å². The van der Waals surface area contributed by atoms with Crippen molar-refractivity contribution >= 4 is 32.7 Å². The number of benzene rings is 1. The molecule has 84 valence electrons. The first-order valence-corrected chi connectivity index (χ1v) is 5.76. The molecule has 0 spiro atoms. The molecule has 0 aliphatic heterocycles. The zero-order valence-electron chi connectivity index (χ0n) is 8.71. The molecule has 0 aliphatic rings. The first-order valence-electron chi connectivity index (χ1n) is 4.96. The van der Waals surface area contributed by atoms with Crippen molar-refractivity contribution in [2.24, 2.45) is 0 Å². The number of nitrogens with zero attached hydrogens (tertiary/aromatic N) is 4. The third-order valence-corrected chi connectivity index (χ3v) is 3.15. The van der Waals surface area contributed by atoms with Gasteiger partial charge in [0.2, 0.25) is 5.95 Å². The minimum absolute atomic E-state index is 0.235. The summed E-state index contributed by atoms with van der Waals surface area (Å²) in [6.07, 6.45) is 3.29. The molecular weight excluding hydrogens is 282 g/mol. The molecular formula is C11H8BrN5. The Bertz CT molecular complexity index is 691. The zero-order chi connectivity index (χ0) is 11.8. The number of aromatic nitrogens is 4. The molecule has 0 radical (unpaired) electrons. The predicted octanol–water partition coefficient (Wildman–Crippen LogP) is 2.16. The Hall–Kier alpha value is -1.95. The van der Waals surface area contributed by atoms with Crippen molar-refractivity contribution in [3.8, 4) is 5.82 Å². The van der Waals surface area contributed by atoms with E-state index in [-0.39, 0.29) is 5.95 Å². The van der Waals surface area contributed by atoms with Gasteiger partial charge in [-0.15, -0.1) is 5.10 Å². The second kappa shape index (κ2) is 3.81. The largest absolute Gasteiger partial charge is 0.366 e. The number of hydrogen-bond acceptors (Lipinski definition) is 4. The lowest BCUT2D eigenvalue weighted by Crippen LogP contribution is -2.00. The molecule has 2 heterocycles. The van der Waals surface area contributed by atoms with Crippen LogP contribution in [0.15, 0.2) is 41.3 Å². The van der Waals surface area contributed by atoms with Crippen LogP contribution in [0.25, 0.3) is 16.6 Å². The van der Waals surface area contributed by atoms with Gasteiger partial charge in [0.15, 0.2) is 5.82 Å². The van der Waals surface area contributed by atoms with Crippen molar-refractivity contribution in [2.75, 3.05) is 5.73 Å². The van der Waals surface area contributed by atoms with Crippen LogP contribution in [-0.4, -0.2) is 19.7 Å². The predicted molar refractivity (Wildman–Crippen MR) is 68.8 cm³/mol. The third-order valence-electron chi connectivity index (χ3n) is 2.46. The topological polar surface area (TPSA) is 69.6 Å². The molecule has 0 fully saturated rings. The maximum absolute atomic E-state index is 5.51. The fourth-order valence-electron chi connectivity index (χ4n) is 1.71. The van der Waals surface area contributed by atoms with Gasteiger partial charge in [0, 0.05) is 21.4 Å². The van der Waals surface area contributed by atoms with Crippen LogP contribution in [0.5, 0.6) is 0 Å². The summed E-state index contributed by atoms with van der Waals surface area (Å²) in [5, 5.41) is 6.13. The molecule has 17 heavy (non-hydrogen) atoms. The van der Waals surface area contributed by atoms with E-state index in [4.69, 9.17) is 5.73 Å². The lowest BCUT2D eigenvalue weighted by molar-refractivity contribution is 0.858. The molecule has 0 saturated heterocycles. The molecule has 0 amide bonds. The van der Waals surface area contributed by atoms with Gasteiger partial charge in [0.1, 0.15) is 6.33 Å². The van der Waals surface area contributed by atoms with E-state index in [0.717, 1.165) is 15.2 Å². The highest BCUT2D eigenvalue weighted by atomic mass is 79.9. The Morgan fingerprint density at radius 2 is 2.00 bits per heavy atom. The number of rotatable bonds is 1.